The number of nitrogens with zero attached hydrogens (tertiary/aromatic N) is 1. The molecule has 0 aliphatic carbocycles. The van der Waals surface area contributed by atoms with Crippen LogP contribution in [0.5, 0.6) is 0 Å². The molecule has 0 radical (unpaired) electrons. The number of aryl methyl sites for hydroxylation is 2. The molecule has 1 aliphatic heterocycles. The molecule has 0 saturated carbocycles. The molecule has 138 valence electrons. The summed E-state index contributed by atoms with van der Waals surface area (Å²) in [4.78, 5) is 26.1. The van der Waals surface area contributed by atoms with Gasteiger partial charge >= 0.3 is 0 Å². The second kappa shape index (κ2) is 10.2. The highest BCUT2D eigenvalue weighted by Gasteiger charge is 2.22. The van der Waals surface area contributed by atoms with E-state index < -0.39 is 0 Å². The first-order valence-electron chi connectivity index (χ1n) is 9.33. The van der Waals surface area contributed by atoms with Crippen LogP contribution in [0.4, 0.5) is 0 Å². The topological polar surface area (TPSA) is 61.4 Å². The van der Waals surface area contributed by atoms with Crippen LogP contribution in [0.2, 0.25) is 0 Å². The first kappa shape index (κ1) is 19.4. The summed E-state index contributed by atoms with van der Waals surface area (Å²) in [5, 5.41) is 5.95. The van der Waals surface area contributed by atoms with E-state index in [1.807, 2.05) is 31.0 Å². The van der Waals surface area contributed by atoms with Gasteiger partial charge in [0.05, 0.1) is 6.54 Å². The SMILES string of the molecule is CNCCC1CCN(C(=O)CNC(=O)CCc2ccc(C)cc2)CC1. The van der Waals surface area contributed by atoms with Crippen molar-refractivity contribution in [1.82, 2.24) is 15.5 Å². The fourth-order valence-corrected chi connectivity index (χ4v) is 3.21. The van der Waals surface area contributed by atoms with Crippen molar-refractivity contribution in [2.24, 2.45) is 5.92 Å². The third-order valence-corrected chi connectivity index (χ3v) is 4.97. The molecule has 5 heteroatoms. The van der Waals surface area contributed by atoms with Crippen LogP contribution in [0.15, 0.2) is 24.3 Å². The molecule has 1 aromatic rings. The van der Waals surface area contributed by atoms with Crippen molar-refractivity contribution >= 4 is 11.8 Å². The van der Waals surface area contributed by atoms with E-state index >= 15 is 0 Å². The highest BCUT2D eigenvalue weighted by Crippen LogP contribution is 2.19. The lowest BCUT2D eigenvalue weighted by Gasteiger charge is -2.32. The van der Waals surface area contributed by atoms with Crippen molar-refractivity contribution in [3.05, 3.63) is 35.4 Å². The zero-order valence-electron chi connectivity index (χ0n) is 15.5. The van der Waals surface area contributed by atoms with Gasteiger partial charge in [0, 0.05) is 19.5 Å². The third kappa shape index (κ3) is 6.86. The number of carbonyl (C=O) groups is 2. The minimum Gasteiger partial charge on any atom is -0.347 e. The molecule has 0 atom stereocenters. The summed E-state index contributed by atoms with van der Waals surface area (Å²) in [6, 6.07) is 8.20. The molecule has 2 N–H and O–H groups in total. The first-order valence-corrected chi connectivity index (χ1v) is 9.33. The van der Waals surface area contributed by atoms with Gasteiger partial charge in [-0.15, -0.1) is 0 Å². The van der Waals surface area contributed by atoms with Crippen LogP contribution >= 0.6 is 0 Å². The monoisotopic (exact) mass is 345 g/mol. The summed E-state index contributed by atoms with van der Waals surface area (Å²) in [6.45, 7) is 4.83. The van der Waals surface area contributed by atoms with E-state index in [0.29, 0.717) is 18.8 Å². The van der Waals surface area contributed by atoms with Crippen LogP contribution in [0, 0.1) is 12.8 Å². The Labute approximate surface area is 151 Å². The maximum atomic E-state index is 12.2. The molecule has 2 rings (SSSR count). The number of amides is 2. The number of benzene rings is 1. The Bertz CT molecular complexity index is 549. The summed E-state index contributed by atoms with van der Waals surface area (Å²) in [5.74, 6) is 0.689. The van der Waals surface area contributed by atoms with Crippen molar-refractivity contribution in [1.29, 1.82) is 0 Å². The van der Waals surface area contributed by atoms with E-state index in [4.69, 9.17) is 0 Å². The highest BCUT2D eigenvalue weighted by molar-refractivity contribution is 5.84. The largest absolute Gasteiger partial charge is 0.347 e. The van der Waals surface area contributed by atoms with E-state index in [1.54, 1.807) is 0 Å². The zero-order chi connectivity index (χ0) is 18.1. The normalized spacial score (nSPS) is 15.2. The van der Waals surface area contributed by atoms with Gasteiger partial charge in [0.15, 0.2) is 0 Å². The molecule has 0 aromatic heterocycles. The zero-order valence-corrected chi connectivity index (χ0v) is 15.5. The van der Waals surface area contributed by atoms with Crippen molar-refractivity contribution in [3.8, 4) is 0 Å². The number of nitrogens with one attached hydrogen (secondary N) is 2. The maximum Gasteiger partial charge on any atom is 0.241 e. The first-order chi connectivity index (χ1) is 12.1. The number of piperidine rings is 1. The van der Waals surface area contributed by atoms with Gasteiger partial charge < -0.3 is 15.5 Å². The molecule has 5 nitrogen and oxygen atoms in total. The molecule has 0 spiro atoms. The molecule has 0 unspecified atom stereocenters. The molecule has 25 heavy (non-hydrogen) atoms. The van der Waals surface area contributed by atoms with Crippen LogP contribution in [0.3, 0.4) is 0 Å². The van der Waals surface area contributed by atoms with Gasteiger partial charge in [0.2, 0.25) is 11.8 Å². The van der Waals surface area contributed by atoms with Crippen molar-refractivity contribution in [3.63, 3.8) is 0 Å². The number of rotatable bonds is 8. The smallest absolute Gasteiger partial charge is 0.241 e. The summed E-state index contributed by atoms with van der Waals surface area (Å²) in [7, 11) is 1.97. The van der Waals surface area contributed by atoms with Crippen LogP contribution in [-0.4, -0.2) is 49.9 Å². The molecule has 1 aliphatic rings. The Morgan fingerprint density at radius 3 is 2.48 bits per heavy atom. The molecule has 1 heterocycles. The van der Waals surface area contributed by atoms with E-state index in [9.17, 15) is 9.59 Å². The second-order valence-electron chi connectivity index (χ2n) is 6.98. The highest BCUT2D eigenvalue weighted by atomic mass is 16.2. The lowest BCUT2D eigenvalue weighted by molar-refractivity contribution is -0.134. The lowest BCUT2D eigenvalue weighted by atomic mass is 9.93. The quantitative estimate of drug-likeness (QED) is 0.756. The Morgan fingerprint density at radius 1 is 1.16 bits per heavy atom. The average Bonchev–Trinajstić information content (AvgIpc) is 2.64. The van der Waals surface area contributed by atoms with Gasteiger partial charge in [-0.3, -0.25) is 9.59 Å². The molecule has 0 bridgehead atoms. The Kier molecular flexibility index (Phi) is 7.92. The van der Waals surface area contributed by atoms with Crippen LogP contribution in [0.25, 0.3) is 0 Å². The Hall–Kier alpha value is -1.88. The minimum absolute atomic E-state index is 0.0377. The summed E-state index contributed by atoms with van der Waals surface area (Å²) in [5.41, 5.74) is 2.37. The fourth-order valence-electron chi connectivity index (χ4n) is 3.21. The molecule has 2 amide bonds. The predicted molar refractivity (Wildman–Crippen MR) is 100 cm³/mol. The maximum absolute atomic E-state index is 12.2. The van der Waals surface area contributed by atoms with Gasteiger partial charge in [0.25, 0.3) is 0 Å². The average molecular weight is 345 g/mol. The lowest BCUT2D eigenvalue weighted by Crippen LogP contribution is -2.44. The van der Waals surface area contributed by atoms with Gasteiger partial charge in [-0.25, -0.2) is 0 Å². The summed E-state index contributed by atoms with van der Waals surface area (Å²) < 4.78 is 0. The number of likely N-dealkylation sites (tertiary alicyclic amines) is 1. The number of carbonyl (C=O) groups excluding carboxylic acids is 2. The molecular formula is C20H31N3O2. The molecule has 1 saturated heterocycles. The number of hydrogen-bond acceptors (Lipinski definition) is 3. The second-order valence-corrected chi connectivity index (χ2v) is 6.98. The minimum atomic E-state index is -0.0576. The van der Waals surface area contributed by atoms with E-state index in [1.165, 1.54) is 12.0 Å². The molecule has 1 fully saturated rings. The predicted octanol–water partition coefficient (Wildman–Crippen LogP) is 1.89. The Morgan fingerprint density at radius 2 is 1.84 bits per heavy atom. The van der Waals surface area contributed by atoms with Crippen molar-refractivity contribution in [2.45, 2.75) is 39.0 Å². The van der Waals surface area contributed by atoms with E-state index in [-0.39, 0.29) is 18.4 Å². The van der Waals surface area contributed by atoms with Crippen molar-refractivity contribution < 1.29 is 9.59 Å². The summed E-state index contributed by atoms with van der Waals surface area (Å²) in [6.07, 6.45) is 4.43. The van der Waals surface area contributed by atoms with E-state index in [0.717, 1.165) is 38.0 Å². The van der Waals surface area contributed by atoms with Crippen LogP contribution < -0.4 is 10.6 Å². The standard InChI is InChI=1S/C20H31N3O2/c1-16-3-5-17(6-4-16)7-8-19(24)22-15-20(25)23-13-10-18(11-14-23)9-12-21-2/h3-6,18,21H,7-15H2,1-2H3,(H,22,24). The fraction of sp³-hybridized carbons (Fsp3) is 0.600. The van der Waals surface area contributed by atoms with Crippen LogP contribution in [-0.2, 0) is 16.0 Å². The van der Waals surface area contributed by atoms with Crippen LogP contribution in [0.1, 0.15) is 36.8 Å². The van der Waals surface area contributed by atoms with Gasteiger partial charge in [0.1, 0.15) is 0 Å². The van der Waals surface area contributed by atoms with Gasteiger partial charge in [-0.2, -0.15) is 0 Å². The molecular weight excluding hydrogens is 314 g/mol. The number of hydrogen-bond donors (Lipinski definition) is 2. The van der Waals surface area contributed by atoms with Gasteiger partial charge in [-0.1, -0.05) is 29.8 Å². The third-order valence-electron chi connectivity index (χ3n) is 4.97. The van der Waals surface area contributed by atoms with Gasteiger partial charge in [-0.05, 0) is 57.7 Å². The Balaban J connectivity index is 1.62. The summed E-state index contributed by atoms with van der Waals surface area (Å²) >= 11 is 0. The molecule has 1 aromatic carbocycles. The van der Waals surface area contributed by atoms with E-state index in [2.05, 4.69) is 22.8 Å². The van der Waals surface area contributed by atoms with Crippen molar-refractivity contribution in [2.75, 3.05) is 33.2 Å².